The van der Waals surface area contributed by atoms with Crippen LogP contribution in [0.2, 0.25) is 5.02 Å². The summed E-state index contributed by atoms with van der Waals surface area (Å²) >= 11 is 8.11. The van der Waals surface area contributed by atoms with Crippen molar-refractivity contribution in [1.29, 1.82) is 0 Å². The largest absolute Gasteiger partial charge is 0.347 e. The number of aromatic nitrogens is 2. The summed E-state index contributed by atoms with van der Waals surface area (Å²) in [5.41, 5.74) is 1.08. The molecular formula is C13H12ClN3S. The smallest absolute Gasteiger partial charge is 0.0922 e. The standard InChI is InChI=1S/C13H12ClN3S/c14-13-10-3-1-2-4-11(10)18-12(13)7-15-5-9-6-16-8-17-9/h1-4,6,8,15H,5,7H2,(H,16,17). The Hall–Kier alpha value is -1.36. The first-order chi connectivity index (χ1) is 8.84. The van der Waals surface area contributed by atoms with Crippen molar-refractivity contribution in [3.05, 3.63) is 52.4 Å². The van der Waals surface area contributed by atoms with Crippen LogP contribution in [-0.2, 0) is 13.1 Å². The summed E-state index contributed by atoms with van der Waals surface area (Å²) in [6.45, 7) is 1.54. The monoisotopic (exact) mass is 277 g/mol. The number of halogens is 1. The van der Waals surface area contributed by atoms with E-state index in [4.69, 9.17) is 11.6 Å². The topological polar surface area (TPSA) is 40.7 Å². The van der Waals surface area contributed by atoms with Crippen molar-refractivity contribution in [1.82, 2.24) is 15.3 Å². The SMILES string of the molecule is Clc1c(CNCc2cnc[nH]2)sc2ccccc12. The lowest BCUT2D eigenvalue weighted by Gasteiger charge is -2.01. The number of nitrogens with zero attached hydrogens (tertiary/aromatic N) is 1. The molecule has 18 heavy (non-hydrogen) atoms. The fourth-order valence-corrected chi connectivity index (χ4v) is 3.34. The summed E-state index contributed by atoms with van der Waals surface area (Å²) < 4.78 is 1.24. The Morgan fingerprint density at radius 2 is 2.17 bits per heavy atom. The highest BCUT2D eigenvalue weighted by Crippen LogP contribution is 2.34. The van der Waals surface area contributed by atoms with E-state index >= 15 is 0 Å². The molecule has 0 bridgehead atoms. The highest BCUT2D eigenvalue weighted by molar-refractivity contribution is 7.19. The quantitative estimate of drug-likeness (QED) is 0.765. The first kappa shape index (κ1) is 11.7. The van der Waals surface area contributed by atoms with Crippen LogP contribution >= 0.6 is 22.9 Å². The maximum atomic E-state index is 6.37. The lowest BCUT2D eigenvalue weighted by molar-refractivity contribution is 0.689. The molecule has 1 aromatic carbocycles. The molecule has 0 saturated heterocycles. The number of fused-ring (bicyclic) bond motifs is 1. The first-order valence-corrected chi connectivity index (χ1v) is 6.88. The molecule has 5 heteroatoms. The molecule has 0 radical (unpaired) electrons. The van der Waals surface area contributed by atoms with Crippen LogP contribution in [0.4, 0.5) is 0 Å². The third kappa shape index (κ3) is 2.27. The van der Waals surface area contributed by atoms with Crippen LogP contribution in [0.5, 0.6) is 0 Å². The van der Waals surface area contributed by atoms with Gasteiger partial charge < -0.3 is 10.3 Å². The van der Waals surface area contributed by atoms with Gasteiger partial charge in [-0.15, -0.1) is 11.3 Å². The minimum absolute atomic E-state index is 0.768. The summed E-state index contributed by atoms with van der Waals surface area (Å²) in [6, 6.07) is 8.22. The van der Waals surface area contributed by atoms with E-state index in [-0.39, 0.29) is 0 Å². The van der Waals surface area contributed by atoms with E-state index in [0.29, 0.717) is 0 Å². The number of rotatable bonds is 4. The molecular weight excluding hydrogens is 266 g/mol. The van der Waals surface area contributed by atoms with Crippen LogP contribution in [-0.4, -0.2) is 9.97 Å². The molecule has 0 spiro atoms. The van der Waals surface area contributed by atoms with Gasteiger partial charge in [-0.25, -0.2) is 4.98 Å². The molecule has 92 valence electrons. The Balaban J connectivity index is 1.73. The maximum absolute atomic E-state index is 6.37. The van der Waals surface area contributed by atoms with E-state index in [2.05, 4.69) is 27.4 Å². The predicted molar refractivity (Wildman–Crippen MR) is 76.0 cm³/mol. The number of hydrogen-bond acceptors (Lipinski definition) is 3. The summed E-state index contributed by atoms with van der Waals surface area (Å²) in [4.78, 5) is 8.22. The average molecular weight is 278 g/mol. The van der Waals surface area contributed by atoms with Crippen LogP contribution < -0.4 is 5.32 Å². The van der Waals surface area contributed by atoms with Crippen LogP contribution in [0.25, 0.3) is 10.1 Å². The van der Waals surface area contributed by atoms with Crippen molar-refractivity contribution >= 4 is 33.0 Å². The molecule has 0 unspecified atom stereocenters. The molecule has 0 amide bonds. The fourth-order valence-electron chi connectivity index (χ4n) is 1.87. The van der Waals surface area contributed by atoms with Gasteiger partial charge in [0.25, 0.3) is 0 Å². The Morgan fingerprint density at radius 1 is 1.28 bits per heavy atom. The van der Waals surface area contributed by atoms with Crippen LogP contribution in [0.3, 0.4) is 0 Å². The minimum Gasteiger partial charge on any atom is -0.347 e. The Kier molecular flexibility index (Phi) is 3.32. The zero-order chi connectivity index (χ0) is 12.4. The number of benzene rings is 1. The number of aromatic amines is 1. The average Bonchev–Trinajstić information content (AvgIpc) is 3.00. The number of hydrogen-bond donors (Lipinski definition) is 2. The third-order valence-electron chi connectivity index (χ3n) is 2.76. The highest BCUT2D eigenvalue weighted by atomic mass is 35.5. The van der Waals surface area contributed by atoms with E-state index in [1.807, 2.05) is 18.3 Å². The Morgan fingerprint density at radius 3 is 2.94 bits per heavy atom. The predicted octanol–water partition coefficient (Wildman–Crippen LogP) is 3.57. The Bertz CT molecular complexity index is 645. The van der Waals surface area contributed by atoms with Gasteiger partial charge in [0.2, 0.25) is 0 Å². The molecule has 0 aliphatic carbocycles. The molecule has 0 saturated carbocycles. The van der Waals surface area contributed by atoms with Gasteiger partial charge in [-0.1, -0.05) is 29.8 Å². The van der Waals surface area contributed by atoms with E-state index in [1.54, 1.807) is 17.7 Å². The van der Waals surface area contributed by atoms with E-state index in [9.17, 15) is 0 Å². The van der Waals surface area contributed by atoms with E-state index in [0.717, 1.165) is 29.2 Å². The number of nitrogens with one attached hydrogen (secondary N) is 2. The van der Waals surface area contributed by atoms with Gasteiger partial charge in [0, 0.05) is 39.9 Å². The summed E-state index contributed by atoms with van der Waals surface area (Å²) in [5, 5.41) is 5.37. The van der Waals surface area contributed by atoms with Crippen molar-refractivity contribution in [2.24, 2.45) is 0 Å². The van der Waals surface area contributed by atoms with Gasteiger partial charge >= 0.3 is 0 Å². The number of imidazole rings is 1. The minimum atomic E-state index is 0.768. The van der Waals surface area contributed by atoms with E-state index < -0.39 is 0 Å². The highest BCUT2D eigenvalue weighted by Gasteiger charge is 2.09. The first-order valence-electron chi connectivity index (χ1n) is 5.68. The molecule has 3 nitrogen and oxygen atoms in total. The number of thiophene rings is 1. The van der Waals surface area contributed by atoms with Gasteiger partial charge in [0.1, 0.15) is 0 Å². The number of H-pyrrole nitrogens is 1. The zero-order valence-electron chi connectivity index (χ0n) is 9.61. The summed E-state index contributed by atoms with van der Waals surface area (Å²) in [6.07, 6.45) is 3.50. The van der Waals surface area contributed by atoms with Crippen molar-refractivity contribution in [2.75, 3.05) is 0 Å². The van der Waals surface area contributed by atoms with Crippen molar-refractivity contribution in [3.63, 3.8) is 0 Å². The van der Waals surface area contributed by atoms with Gasteiger partial charge in [-0.05, 0) is 6.07 Å². The van der Waals surface area contributed by atoms with Gasteiger partial charge in [0.15, 0.2) is 0 Å². The van der Waals surface area contributed by atoms with Gasteiger partial charge in [-0.3, -0.25) is 0 Å². The fraction of sp³-hybridized carbons (Fsp3) is 0.154. The van der Waals surface area contributed by atoms with Gasteiger partial charge in [-0.2, -0.15) is 0 Å². The summed E-state index contributed by atoms with van der Waals surface area (Å²) in [7, 11) is 0. The van der Waals surface area contributed by atoms with Crippen LogP contribution in [0.15, 0.2) is 36.8 Å². The lowest BCUT2D eigenvalue weighted by atomic mass is 10.2. The van der Waals surface area contributed by atoms with Crippen molar-refractivity contribution in [2.45, 2.75) is 13.1 Å². The molecule has 3 aromatic rings. The molecule has 0 atom stereocenters. The second-order valence-electron chi connectivity index (χ2n) is 4.02. The Labute approximate surface area is 114 Å². The molecule has 3 rings (SSSR count). The molecule has 0 aliphatic heterocycles. The van der Waals surface area contributed by atoms with Crippen molar-refractivity contribution < 1.29 is 0 Å². The molecule has 2 aromatic heterocycles. The van der Waals surface area contributed by atoms with Crippen molar-refractivity contribution in [3.8, 4) is 0 Å². The molecule has 2 heterocycles. The second kappa shape index (κ2) is 5.10. The normalized spacial score (nSPS) is 11.2. The maximum Gasteiger partial charge on any atom is 0.0922 e. The van der Waals surface area contributed by atoms with Crippen LogP contribution in [0, 0.1) is 0 Å². The van der Waals surface area contributed by atoms with Crippen LogP contribution in [0.1, 0.15) is 10.6 Å². The third-order valence-corrected chi connectivity index (χ3v) is 4.47. The molecule has 0 fully saturated rings. The van der Waals surface area contributed by atoms with Gasteiger partial charge in [0.05, 0.1) is 11.3 Å². The molecule has 2 N–H and O–H groups in total. The molecule has 0 aliphatic rings. The van der Waals surface area contributed by atoms with E-state index in [1.165, 1.54) is 9.58 Å². The zero-order valence-corrected chi connectivity index (χ0v) is 11.2. The lowest BCUT2D eigenvalue weighted by Crippen LogP contribution is -2.12. The summed E-state index contributed by atoms with van der Waals surface area (Å²) in [5.74, 6) is 0. The second-order valence-corrected chi connectivity index (χ2v) is 5.53.